The largest absolute Gasteiger partial charge is 0.392 e. The minimum Gasteiger partial charge on any atom is -0.392 e. The van der Waals surface area contributed by atoms with Crippen molar-refractivity contribution in [1.82, 2.24) is 0 Å². The fourth-order valence-electron chi connectivity index (χ4n) is 3.44. The summed E-state index contributed by atoms with van der Waals surface area (Å²) in [5.74, 6) is 1.01. The minimum absolute atomic E-state index is 0.192. The van der Waals surface area contributed by atoms with Crippen LogP contribution in [0.4, 0.5) is 0 Å². The van der Waals surface area contributed by atoms with E-state index in [0.29, 0.717) is 11.8 Å². The molecule has 2 rings (SSSR count). The monoisotopic (exact) mass is 286 g/mol. The standard InChI is InChI=1S/C20H30O/c1-14-10-15(2)12-17(11-14)19(21)13-16-6-8-18(9-7-16)20(3,4)5/h6-10,14,17,19,21H,11-13H2,1-5H3. The second-order valence-electron chi connectivity index (χ2n) is 7.91. The van der Waals surface area contributed by atoms with Crippen molar-refractivity contribution >= 4 is 0 Å². The van der Waals surface area contributed by atoms with Crippen LogP contribution in [0, 0.1) is 11.8 Å². The number of hydrogen-bond donors (Lipinski definition) is 1. The minimum atomic E-state index is -0.225. The van der Waals surface area contributed by atoms with Gasteiger partial charge in [0, 0.05) is 0 Å². The molecule has 1 heteroatoms. The highest BCUT2D eigenvalue weighted by Crippen LogP contribution is 2.31. The van der Waals surface area contributed by atoms with E-state index in [4.69, 9.17) is 0 Å². The SMILES string of the molecule is CC1=CC(C)CC(C(O)Cc2ccc(C(C)(C)C)cc2)C1. The maximum atomic E-state index is 10.6. The summed E-state index contributed by atoms with van der Waals surface area (Å²) in [7, 11) is 0. The summed E-state index contributed by atoms with van der Waals surface area (Å²) in [5.41, 5.74) is 4.22. The van der Waals surface area contributed by atoms with E-state index in [1.54, 1.807) is 0 Å². The first kappa shape index (κ1) is 16.3. The second kappa shape index (κ2) is 6.36. The van der Waals surface area contributed by atoms with Crippen LogP contribution in [0.25, 0.3) is 0 Å². The Kier molecular flexibility index (Phi) is 4.93. The smallest absolute Gasteiger partial charge is 0.0611 e. The molecule has 3 unspecified atom stereocenters. The fraction of sp³-hybridized carbons (Fsp3) is 0.600. The molecule has 0 fully saturated rings. The first-order valence-electron chi connectivity index (χ1n) is 8.20. The Balaban J connectivity index is 2.00. The quantitative estimate of drug-likeness (QED) is 0.785. The summed E-state index contributed by atoms with van der Waals surface area (Å²) >= 11 is 0. The topological polar surface area (TPSA) is 20.2 Å². The van der Waals surface area contributed by atoms with Gasteiger partial charge in [-0.1, -0.05) is 63.6 Å². The third kappa shape index (κ3) is 4.44. The molecular weight excluding hydrogens is 256 g/mol. The highest BCUT2D eigenvalue weighted by molar-refractivity contribution is 5.28. The van der Waals surface area contributed by atoms with Crippen molar-refractivity contribution in [3.8, 4) is 0 Å². The Morgan fingerprint density at radius 1 is 1.19 bits per heavy atom. The Hall–Kier alpha value is -1.08. The molecule has 0 spiro atoms. The summed E-state index contributed by atoms with van der Waals surface area (Å²) < 4.78 is 0. The number of benzene rings is 1. The molecule has 0 aromatic heterocycles. The van der Waals surface area contributed by atoms with Gasteiger partial charge in [-0.3, -0.25) is 0 Å². The third-order valence-corrected chi connectivity index (χ3v) is 4.64. The zero-order valence-electron chi connectivity index (χ0n) is 14.2. The average Bonchev–Trinajstić information content (AvgIpc) is 2.37. The molecule has 1 aromatic rings. The lowest BCUT2D eigenvalue weighted by molar-refractivity contribution is 0.0932. The Bertz CT molecular complexity index is 490. The molecule has 116 valence electrons. The number of aliphatic hydroxyl groups excluding tert-OH is 1. The van der Waals surface area contributed by atoms with Gasteiger partial charge in [0.25, 0.3) is 0 Å². The number of allylic oxidation sites excluding steroid dienone is 2. The fourth-order valence-corrected chi connectivity index (χ4v) is 3.44. The van der Waals surface area contributed by atoms with E-state index in [0.717, 1.165) is 19.3 Å². The molecule has 3 atom stereocenters. The maximum Gasteiger partial charge on any atom is 0.0611 e. The van der Waals surface area contributed by atoms with Crippen LogP contribution in [0.15, 0.2) is 35.9 Å². The molecular formula is C20H30O. The lowest BCUT2D eigenvalue weighted by atomic mass is 9.79. The Morgan fingerprint density at radius 3 is 2.33 bits per heavy atom. The van der Waals surface area contributed by atoms with E-state index in [2.05, 4.69) is 65.0 Å². The van der Waals surface area contributed by atoms with Gasteiger partial charge in [-0.05, 0) is 54.6 Å². The molecule has 0 heterocycles. The number of rotatable bonds is 3. The predicted octanol–water partition coefficient (Wildman–Crippen LogP) is 4.88. The summed E-state index contributed by atoms with van der Waals surface area (Å²) in [5, 5.41) is 10.6. The van der Waals surface area contributed by atoms with Crippen molar-refractivity contribution in [3.63, 3.8) is 0 Å². The van der Waals surface area contributed by atoms with Crippen LogP contribution >= 0.6 is 0 Å². The molecule has 1 aliphatic rings. The van der Waals surface area contributed by atoms with E-state index < -0.39 is 0 Å². The Labute approximate surface area is 130 Å². The van der Waals surface area contributed by atoms with Gasteiger partial charge < -0.3 is 5.11 Å². The maximum absolute atomic E-state index is 10.6. The van der Waals surface area contributed by atoms with E-state index in [1.165, 1.54) is 16.7 Å². The van der Waals surface area contributed by atoms with Crippen LogP contribution in [0.2, 0.25) is 0 Å². The van der Waals surface area contributed by atoms with Crippen molar-refractivity contribution in [2.75, 3.05) is 0 Å². The number of aliphatic hydroxyl groups is 1. The van der Waals surface area contributed by atoms with E-state index in [9.17, 15) is 5.11 Å². The first-order valence-corrected chi connectivity index (χ1v) is 8.20. The molecule has 0 amide bonds. The molecule has 0 radical (unpaired) electrons. The van der Waals surface area contributed by atoms with Gasteiger partial charge in [-0.2, -0.15) is 0 Å². The Morgan fingerprint density at radius 2 is 1.81 bits per heavy atom. The van der Waals surface area contributed by atoms with Crippen molar-refractivity contribution in [2.45, 2.75) is 65.4 Å². The zero-order chi connectivity index (χ0) is 15.6. The highest BCUT2D eigenvalue weighted by Gasteiger charge is 2.25. The van der Waals surface area contributed by atoms with Crippen LogP contribution in [0.5, 0.6) is 0 Å². The van der Waals surface area contributed by atoms with Gasteiger partial charge >= 0.3 is 0 Å². The van der Waals surface area contributed by atoms with Crippen LogP contribution < -0.4 is 0 Å². The van der Waals surface area contributed by atoms with Gasteiger partial charge in [0.05, 0.1) is 6.10 Å². The molecule has 0 saturated heterocycles. The third-order valence-electron chi connectivity index (χ3n) is 4.64. The normalized spacial score (nSPS) is 24.6. The van der Waals surface area contributed by atoms with E-state index in [1.807, 2.05) is 0 Å². The lowest BCUT2D eigenvalue weighted by Crippen LogP contribution is -2.27. The molecule has 0 saturated carbocycles. The number of hydrogen-bond acceptors (Lipinski definition) is 1. The second-order valence-corrected chi connectivity index (χ2v) is 7.91. The van der Waals surface area contributed by atoms with Gasteiger partial charge in [-0.25, -0.2) is 0 Å². The van der Waals surface area contributed by atoms with Gasteiger partial charge in [0.15, 0.2) is 0 Å². The molecule has 1 N–H and O–H groups in total. The first-order chi connectivity index (χ1) is 9.75. The molecule has 1 aromatic carbocycles. The van der Waals surface area contributed by atoms with Crippen molar-refractivity contribution in [2.24, 2.45) is 11.8 Å². The molecule has 21 heavy (non-hydrogen) atoms. The predicted molar refractivity (Wildman–Crippen MR) is 90.5 cm³/mol. The van der Waals surface area contributed by atoms with Gasteiger partial charge in [0.1, 0.15) is 0 Å². The van der Waals surface area contributed by atoms with Crippen LogP contribution in [-0.4, -0.2) is 11.2 Å². The van der Waals surface area contributed by atoms with Crippen LogP contribution in [0.1, 0.15) is 58.6 Å². The zero-order valence-corrected chi connectivity index (χ0v) is 14.2. The van der Waals surface area contributed by atoms with Gasteiger partial charge in [-0.15, -0.1) is 0 Å². The van der Waals surface area contributed by atoms with E-state index in [-0.39, 0.29) is 11.5 Å². The summed E-state index contributed by atoms with van der Waals surface area (Å²) in [6, 6.07) is 8.77. The highest BCUT2D eigenvalue weighted by atomic mass is 16.3. The van der Waals surface area contributed by atoms with Gasteiger partial charge in [0.2, 0.25) is 0 Å². The summed E-state index contributed by atoms with van der Waals surface area (Å²) in [6.45, 7) is 11.1. The van der Waals surface area contributed by atoms with Crippen LogP contribution in [-0.2, 0) is 11.8 Å². The molecule has 1 nitrogen and oxygen atoms in total. The molecule has 0 aliphatic heterocycles. The van der Waals surface area contributed by atoms with Crippen LogP contribution in [0.3, 0.4) is 0 Å². The lowest BCUT2D eigenvalue weighted by Gasteiger charge is -2.29. The van der Waals surface area contributed by atoms with Crippen molar-refractivity contribution in [1.29, 1.82) is 0 Å². The summed E-state index contributed by atoms with van der Waals surface area (Å²) in [6.07, 6.45) is 5.05. The van der Waals surface area contributed by atoms with Crippen molar-refractivity contribution in [3.05, 3.63) is 47.0 Å². The molecule has 1 aliphatic carbocycles. The summed E-state index contributed by atoms with van der Waals surface area (Å²) in [4.78, 5) is 0. The average molecular weight is 286 g/mol. The van der Waals surface area contributed by atoms with E-state index >= 15 is 0 Å². The van der Waals surface area contributed by atoms with Crippen molar-refractivity contribution < 1.29 is 5.11 Å². The molecule has 0 bridgehead atoms.